The van der Waals surface area contributed by atoms with E-state index in [-0.39, 0.29) is 49.0 Å². The summed E-state index contributed by atoms with van der Waals surface area (Å²) in [4.78, 5) is 58.6. The van der Waals surface area contributed by atoms with Crippen LogP contribution in [0.4, 0.5) is 0 Å². The van der Waals surface area contributed by atoms with E-state index in [9.17, 15) is 19.2 Å². The minimum atomic E-state index is -0.624. The molecule has 43 heavy (non-hydrogen) atoms. The summed E-state index contributed by atoms with van der Waals surface area (Å²) in [6.07, 6.45) is 0.669. The molecule has 2 N–H and O–H groups in total. The molecular formula is C31H29N5O7. The molecule has 12 heteroatoms. The minimum Gasteiger partial charge on any atom is -0.493 e. The molecule has 0 unspecified atom stereocenters. The van der Waals surface area contributed by atoms with E-state index >= 15 is 0 Å². The standard InChI is InChI=1S/C31H29N5O7/c1-18-4-3-5-27-32-14-22(31(40)36(18)27)30(39)35-15-23-26(16-35)43-21-9-6-19(7-10-21)13-33-28(37)17-42-25-12-20(29(38)34-23)8-11-24(25)41-2/h3-12,14,23,26H,13,15-17H2,1-2H3,(H,33,37)(H,34,38)/t23-,26-/m0/s1. The van der Waals surface area contributed by atoms with E-state index in [1.54, 1.807) is 49.4 Å². The predicted molar refractivity (Wildman–Crippen MR) is 155 cm³/mol. The van der Waals surface area contributed by atoms with E-state index in [4.69, 9.17) is 14.2 Å². The Morgan fingerprint density at radius 2 is 1.86 bits per heavy atom. The van der Waals surface area contributed by atoms with Gasteiger partial charge < -0.3 is 29.7 Å². The van der Waals surface area contributed by atoms with Crippen LogP contribution in [-0.4, -0.2) is 71.0 Å². The minimum absolute atomic E-state index is 0.0738. The highest BCUT2D eigenvalue weighted by atomic mass is 16.5. The van der Waals surface area contributed by atoms with Crippen molar-refractivity contribution in [2.45, 2.75) is 25.6 Å². The lowest BCUT2D eigenvalue weighted by Gasteiger charge is -2.21. The summed E-state index contributed by atoms with van der Waals surface area (Å²) >= 11 is 0. The van der Waals surface area contributed by atoms with Gasteiger partial charge in [-0.1, -0.05) is 18.2 Å². The highest BCUT2D eigenvalue weighted by Gasteiger charge is 2.39. The van der Waals surface area contributed by atoms with Gasteiger partial charge in [0.15, 0.2) is 18.1 Å². The van der Waals surface area contributed by atoms with Crippen LogP contribution in [0, 0.1) is 6.92 Å². The van der Waals surface area contributed by atoms with Gasteiger partial charge in [0.2, 0.25) is 0 Å². The van der Waals surface area contributed by atoms with Gasteiger partial charge in [-0.2, -0.15) is 0 Å². The van der Waals surface area contributed by atoms with Crippen molar-refractivity contribution in [2.24, 2.45) is 0 Å². The number of rotatable bonds is 2. The van der Waals surface area contributed by atoms with Gasteiger partial charge in [-0.3, -0.25) is 23.6 Å². The van der Waals surface area contributed by atoms with Crippen LogP contribution >= 0.6 is 0 Å². The number of carbonyl (C=O) groups is 3. The summed E-state index contributed by atoms with van der Waals surface area (Å²) in [6.45, 7) is 2.00. The number of amides is 3. The number of hydrogen-bond donors (Lipinski definition) is 2. The molecule has 4 aromatic rings. The van der Waals surface area contributed by atoms with Crippen molar-refractivity contribution in [3.63, 3.8) is 0 Å². The Balaban J connectivity index is 1.32. The van der Waals surface area contributed by atoms with Gasteiger partial charge in [-0.25, -0.2) is 4.98 Å². The molecule has 220 valence electrons. The number of aromatic nitrogens is 2. The molecular weight excluding hydrogens is 554 g/mol. The van der Waals surface area contributed by atoms with Crippen molar-refractivity contribution >= 4 is 23.4 Å². The van der Waals surface area contributed by atoms with E-state index in [1.165, 1.54) is 28.7 Å². The number of hydrogen-bond acceptors (Lipinski definition) is 8. The number of aryl methyl sites for hydroxylation is 1. The molecule has 7 rings (SSSR count). The summed E-state index contributed by atoms with van der Waals surface area (Å²) < 4.78 is 18.7. The fraction of sp³-hybridized carbons (Fsp3) is 0.258. The second-order valence-electron chi connectivity index (χ2n) is 10.4. The third-order valence-electron chi connectivity index (χ3n) is 7.51. The molecule has 3 aliphatic heterocycles. The van der Waals surface area contributed by atoms with Gasteiger partial charge in [0.05, 0.1) is 19.7 Å². The number of methoxy groups -OCH3 is 1. The van der Waals surface area contributed by atoms with Crippen LogP contribution in [0.2, 0.25) is 0 Å². The van der Waals surface area contributed by atoms with E-state index in [1.807, 2.05) is 12.1 Å². The molecule has 3 aliphatic rings. The molecule has 5 heterocycles. The van der Waals surface area contributed by atoms with Crippen molar-refractivity contribution in [1.82, 2.24) is 24.9 Å². The van der Waals surface area contributed by atoms with E-state index in [0.717, 1.165) is 5.56 Å². The molecule has 4 bridgehead atoms. The zero-order valence-corrected chi connectivity index (χ0v) is 23.5. The fourth-order valence-corrected chi connectivity index (χ4v) is 5.23. The highest BCUT2D eigenvalue weighted by Crippen LogP contribution is 2.29. The van der Waals surface area contributed by atoms with Gasteiger partial charge in [-0.05, 0) is 55.0 Å². The van der Waals surface area contributed by atoms with Crippen LogP contribution in [0.3, 0.4) is 0 Å². The quantitative estimate of drug-likeness (QED) is 0.364. The second-order valence-corrected chi connectivity index (χ2v) is 10.4. The topological polar surface area (TPSA) is 141 Å². The number of benzene rings is 2. The first kappa shape index (κ1) is 27.8. The SMILES string of the molecule is COc1ccc2cc1OCC(=O)NCc1ccc(cc1)O[C@H]1CN(C(=O)c3cnc4cccc(C)n4c3=O)C[C@@H]1NC2=O. The van der Waals surface area contributed by atoms with Crippen LogP contribution in [0.5, 0.6) is 17.2 Å². The van der Waals surface area contributed by atoms with Crippen LogP contribution in [0.1, 0.15) is 32.0 Å². The Hall–Kier alpha value is -5.39. The summed E-state index contributed by atoms with van der Waals surface area (Å²) in [5, 5.41) is 5.77. The number of ether oxygens (including phenoxy) is 3. The van der Waals surface area contributed by atoms with Crippen molar-refractivity contribution in [3.05, 3.63) is 99.6 Å². The number of likely N-dealkylation sites (tertiary alicyclic amines) is 1. The van der Waals surface area contributed by atoms with Crippen molar-refractivity contribution < 1.29 is 28.6 Å². The molecule has 0 spiro atoms. The lowest BCUT2D eigenvalue weighted by Crippen LogP contribution is -2.45. The van der Waals surface area contributed by atoms with Crippen molar-refractivity contribution in [1.29, 1.82) is 0 Å². The largest absolute Gasteiger partial charge is 0.493 e. The molecule has 1 fully saturated rings. The van der Waals surface area contributed by atoms with Gasteiger partial charge >= 0.3 is 0 Å². The highest BCUT2D eigenvalue weighted by molar-refractivity contribution is 5.96. The second kappa shape index (κ2) is 11.5. The van der Waals surface area contributed by atoms with Crippen LogP contribution in [-0.2, 0) is 11.3 Å². The summed E-state index contributed by atoms with van der Waals surface area (Å²) in [5.41, 5.74) is 1.67. The lowest BCUT2D eigenvalue weighted by atomic mass is 10.1. The van der Waals surface area contributed by atoms with Crippen LogP contribution in [0.25, 0.3) is 5.65 Å². The Morgan fingerprint density at radius 3 is 2.65 bits per heavy atom. The number of pyridine rings is 1. The zero-order valence-electron chi connectivity index (χ0n) is 23.5. The summed E-state index contributed by atoms with van der Waals surface area (Å²) in [6, 6.07) is 16.5. The normalized spacial score (nSPS) is 18.6. The van der Waals surface area contributed by atoms with Gasteiger partial charge in [-0.15, -0.1) is 0 Å². The first-order valence-electron chi connectivity index (χ1n) is 13.7. The molecule has 0 radical (unpaired) electrons. The summed E-state index contributed by atoms with van der Waals surface area (Å²) in [5.74, 6) is -0.161. The van der Waals surface area contributed by atoms with Gasteiger partial charge in [0.1, 0.15) is 23.1 Å². The first-order valence-corrected chi connectivity index (χ1v) is 13.7. The average molecular weight is 584 g/mol. The summed E-state index contributed by atoms with van der Waals surface area (Å²) in [7, 11) is 1.46. The molecule has 12 nitrogen and oxygen atoms in total. The maximum atomic E-state index is 13.7. The van der Waals surface area contributed by atoms with Crippen LogP contribution < -0.4 is 30.4 Å². The number of carbonyl (C=O) groups excluding carboxylic acids is 3. The number of nitrogens with one attached hydrogen (secondary N) is 2. The molecule has 2 atom stereocenters. The number of nitrogens with zero attached hydrogens (tertiary/aromatic N) is 3. The third-order valence-corrected chi connectivity index (χ3v) is 7.51. The van der Waals surface area contributed by atoms with Crippen LogP contribution in [0.15, 0.2) is 71.7 Å². The molecule has 0 aliphatic carbocycles. The van der Waals surface area contributed by atoms with E-state index in [2.05, 4.69) is 15.6 Å². The van der Waals surface area contributed by atoms with Crippen molar-refractivity contribution in [2.75, 3.05) is 26.8 Å². The molecule has 2 aromatic heterocycles. The van der Waals surface area contributed by atoms with Gasteiger partial charge in [0.25, 0.3) is 23.3 Å². The maximum Gasteiger partial charge on any atom is 0.270 e. The molecule has 1 saturated heterocycles. The molecule has 3 amide bonds. The van der Waals surface area contributed by atoms with E-state index in [0.29, 0.717) is 22.8 Å². The monoisotopic (exact) mass is 583 g/mol. The Kier molecular flexibility index (Phi) is 7.41. The lowest BCUT2D eigenvalue weighted by molar-refractivity contribution is -0.123. The number of fused-ring (bicyclic) bond motifs is 8. The smallest absolute Gasteiger partial charge is 0.270 e. The van der Waals surface area contributed by atoms with Crippen molar-refractivity contribution in [3.8, 4) is 17.2 Å². The zero-order chi connectivity index (χ0) is 30.1. The predicted octanol–water partition coefficient (Wildman–Crippen LogP) is 1.72. The third kappa shape index (κ3) is 5.59. The van der Waals surface area contributed by atoms with Gasteiger partial charge in [0, 0.05) is 30.5 Å². The molecule has 2 aromatic carbocycles. The first-order chi connectivity index (χ1) is 20.8. The Labute approximate surface area is 246 Å². The fourth-order valence-electron chi connectivity index (χ4n) is 5.23. The van der Waals surface area contributed by atoms with E-state index < -0.39 is 29.5 Å². The Bertz CT molecular complexity index is 1790. The molecule has 0 saturated carbocycles. The maximum absolute atomic E-state index is 13.7. The Morgan fingerprint density at radius 1 is 1.05 bits per heavy atom. The average Bonchev–Trinajstić information content (AvgIpc) is 3.40.